The van der Waals surface area contributed by atoms with E-state index in [1.54, 1.807) is 18.3 Å². The maximum absolute atomic E-state index is 11.6. The zero-order valence-corrected chi connectivity index (χ0v) is 14.8. The van der Waals surface area contributed by atoms with Crippen molar-refractivity contribution in [1.29, 1.82) is 0 Å². The summed E-state index contributed by atoms with van der Waals surface area (Å²) in [6.45, 7) is 7.31. The van der Waals surface area contributed by atoms with Gasteiger partial charge in [-0.25, -0.2) is 15.0 Å². The van der Waals surface area contributed by atoms with Gasteiger partial charge in [0.15, 0.2) is 0 Å². The van der Waals surface area contributed by atoms with Gasteiger partial charge in [-0.15, -0.1) is 0 Å². The number of hydrogen-bond acceptors (Lipinski definition) is 6. The first-order valence-corrected chi connectivity index (χ1v) is 8.67. The largest absolute Gasteiger partial charge is 0.365 e. The highest BCUT2D eigenvalue weighted by molar-refractivity contribution is 5.97. The molecule has 0 radical (unpaired) electrons. The minimum atomic E-state index is -0.443. The molecule has 7 nitrogen and oxygen atoms in total. The lowest BCUT2D eigenvalue weighted by molar-refractivity contribution is 0.100. The van der Waals surface area contributed by atoms with Crippen LogP contribution in [0.25, 0.3) is 0 Å². The molecule has 0 aliphatic carbocycles. The molecule has 0 aromatic carbocycles. The molecule has 0 bridgehead atoms. The Labute approximate surface area is 147 Å². The van der Waals surface area contributed by atoms with E-state index in [0.717, 1.165) is 56.4 Å². The van der Waals surface area contributed by atoms with Crippen LogP contribution in [0.15, 0.2) is 24.4 Å². The number of primary amides is 1. The Morgan fingerprint density at radius 2 is 1.92 bits per heavy atom. The molecule has 1 saturated heterocycles. The number of aryl methyl sites for hydroxylation is 2. The first-order chi connectivity index (χ1) is 12.1. The van der Waals surface area contributed by atoms with E-state index in [4.69, 9.17) is 10.7 Å². The Balaban J connectivity index is 1.73. The van der Waals surface area contributed by atoms with Crippen molar-refractivity contribution >= 4 is 17.5 Å². The average molecular weight is 340 g/mol. The van der Waals surface area contributed by atoms with Crippen molar-refractivity contribution in [3.05, 3.63) is 41.5 Å². The number of carbonyl (C=O) groups excluding carboxylic acids is 1. The first-order valence-electron chi connectivity index (χ1n) is 8.67. The second-order valence-electron chi connectivity index (χ2n) is 6.25. The molecule has 2 aromatic rings. The second-order valence-corrected chi connectivity index (χ2v) is 6.25. The van der Waals surface area contributed by atoms with Gasteiger partial charge < -0.3 is 15.5 Å². The third-order valence-electron chi connectivity index (χ3n) is 4.32. The minimum absolute atomic E-state index is 0.443. The second kappa shape index (κ2) is 7.46. The molecule has 0 atom stereocenters. The molecule has 132 valence electrons. The van der Waals surface area contributed by atoms with E-state index in [2.05, 4.69) is 26.7 Å². The fraction of sp³-hybridized carbons (Fsp3) is 0.444. The van der Waals surface area contributed by atoms with Gasteiger partial charge in [-0.3, -0.25) is 4.79 Å². The molecular weight excluding hydrogens is 316 g/mol. The average Bonchev–Trinajstić information content (AvgIpc) is 2.61. The molecule has 25 heavy (non-hydrogen) atoms. The zero-order chi connectivity index (χ0) is 17.8. The van der Waals surface area contributed by atoms with Gasteiger partial charge >= 0.3 is 0 Å². The predicted octanol–water partition coefficient (Wildman–Crippen LogP) is 1.56. The van der Waals surface area contributed by atoms with Crippen LogP contribution in [0.5, 0.6) is 0 Å². The molecular formula is C18H24N6O. The van der Waals surface area contributed by atoms with Crippen molar-refractivity contribution in [2.75, 3.05) is 36.0 Å². The number of nitrogens with two attached hydrogens (primary N) is 1. The lowest BCUT2D eigenvalue weighted by Crippen LogP contribution is -2.47. The van der Waals surface area contributed by atoms with Crippen molar-refractivity contribution in [2.45, 2.75) is 26.7 Å². The number of aromatic nitrogens is 3. The molecule has 0 spiro atoms. The van der Waals surface area contributed by atoms with Gasteiger partial charge in [-0.2, -0.15) is 0 Å². The molecule has 7 heteroatoms. The SMILES string of the molecule is CCCc1nc(C)cc(N2CCN(c3ncccc3C(N)=O)CC2)n1. The summed E-state index contributed by atoms with van der Waals surface area (Å²) in [6, 6.07) is 5.49. The predicted molar refractivity (Wildman–Crippen MR) is 97.9 cm³/mol. The first kappa shape index (κ1) is 17.1. The van der Waals surface area contributed by atoms with Crippen LogP contribution >= 0.6 is 0 Å². The molecule has 0 saturated carbocycles. The summed E-state index contributed by atoms with van der Waals surface area (Å²) in [5.74, 6) is 2.11. The summed E-state index contributed by atoms with van der Waals surface area (Å²) in [5, 5.41) is 0. The van der Waals surface area contributed by atoms with Gasteiger partial charge in [0.25, 0.3) is 5.91 Å². The Morgan fingerprint density at radius 1 is 1.20 bits per heavy atom. The number of rotatable bonds is 5. The van der Waals surface area contributed by atoms with Crippen molar-refractivity contribution in [3.8, 4) is 0 Å². The quantitative estimate of drug-likeness (QED) is 0.888. The summed E-state index contributed by atoms with van der Waals surface area (Å²) in [7, 11) is 0. The van der Waals surface area contributed by atoms with Gasteiger partial charge in [-0.05, 0) is 25.5 Å². The van der Waals surface area contributed by atoms with Crippen LogP contribution in [0.1, 0.15) is 35.2 Å². The Hall–Kier alpha value is -2.70. The van der Waals surface area contributed by atoms with E-state index in [0.29, 0.717) is 11.4 Å². The molecule has 1 amide bonds. The Bertz CT molecular complexity index is 755. The summed E-state index contributed by atoms with van der Waals surface area (Å²) in [6.07, 6.45) is 3.62. The Morgan fingerprint density at radius 3 is 2.60 bits per heavy atom. The monoisotopic (exact) mass is 340 g/mol. The number of carbonyl (C=O) groups is 1. The molecule has 3 rings (SSSR count). The highest BCUT2D eigenvalue weighted by Crippen LogP contribution is 2.21. The van der Waals surface area contributed by atoms with E-state index in [-0.39, 0.29) is 0 Å². The van der Waals surface area contributed by atoms with Gasteiger partial charge in [0.2, 0.25) is 0 Å². The highest BCUT2D eigenvalue weighted by atomic mass is 16.1. The van der Waals surface area contributed by atoms with Crippen LogP contribution < -0.4 is 15.5 Å². The minimum Gasteiger partial charge on any atom is -0.365 e. The van der Waals surface area contributed by atoms with E-state index < -0.39 is 5.91 Å². The third-order valence-corrected chi connectivity index (χ3v) is 4.32. The van der Waals surface area contributed by atoms with Gasteiger partial charge in [-0.1, -0.05) is 6.92 Å². The van der Waals surface area contributed by atoms with Crippen molar-refractivity contribution in [1.82, 2.24) is 15.0 Å². The van der Waals surface area contributed by atoms with Gasteiger partial charge in [0.05, 0.1) is 5.56 Å². The van der Waals surface area contributed by atoms with Crippen molar-refractivity contribution < 1.29 is 4.79 Å². The van der Waals surface area contributed by atoms with E-state index in [1.807, 2.05) is 13.0 Å². The van der Waals surface area contributed by atoms with Crippen LogP contribution in [0.4, 0.5) is 11.6 Å². The number of pyridine rings is 1. The summed E-state index contributed by atoms with van der Waals surface area (Å²) >= 11 is 0. The van der Waals surface area contributed by atoms with Gasteiger partial charge in [0.1, 0.15) is 17.5 Å². The fourth-order valence-electron chi connectivity index (χ4n) is 3.10. The number of piperazine rings is 1. The van der Waals surface area contributed by atoms with Crippen LogP contribution in [0.2, 0.25) is 0 Å². The third kappa shape index (κ3) is 3.87. The number of amides is 1. The highest BCUT2D eigenvalue weighted by Gasteiger charge is 2.22. The zero-order valence-electron chi connectivity index (χ0n) is 14.8. The fourth-order valence-corrected chi connectivity index (χ4v) is 3.10. The summed E-state index contributed by atoms with van der Waals surface area (Å²) < 4.78 is 0. The molecule has 1 aliphatic heterocycles. The molecule has 0 unspecified atom stereocenters. The normalized spacial score (nSPS) is 14.6. The number of hydrogen-bond donors (Lipinski definition) is 1. The molecule has 2 N–H and O–H groups in total. The molecule has 1 fully saturated rings. The van der Waals surface area contributed by atoms with Crippen LogP contribution in [0, 0.1) is 6.92 Å². The molecule has 3 heterocycles. The van der Waals surface area contributed by atoms with Crippen molar-refractivity contribution in [2.24, 2.45) is 5.73 Å². The number of anilines is 2. The maximum atomic E-state index is 11.6. The lowest BCUT2D eigenvalue weighted by Gasteiger charge is -2.36. The van der Waals surface area contributed by atoms with E-state index in [9.17, 15) is 4.79 Å². The van der Waals surface area contributed by atoms with E-state index >= 15 is 0 Å². The number of nitrogens with zero attached hydrogens (tertiary/aromatic N) is 5. The van der Waals surface area contributed by atoms with Crippen molar-refractivity contribution in [3.63, 3.8) is 0 Å². The Kier molecular flexibility index (Phi) is 5.11. The van der Waals surface area contributed by atoms with Crippen LogP contribution in [-0.4, -0.2) is 47.0 Å². The maximum Gasteiger partial charge on any atom is 0.252 e. The lowest BCUT2D eigenvalue weighted by atomic mass is 10.2. The van der Waals surface area contributed by atoms with Crippen LogP contribution in [0.3, 0.4) is 0 Å². The van der Waals surface area contributed by atoms with E-state index in [1.165, 1.54) is 0 Å². The smallest absolute Gasteiger partial charge is 0.252 e. The summed E-state index contributed by atoms with van der Waals surface area (Å²) in [4.78, 5) is 29.5. The molecule has 1 aliphatic rings. The topological polar surface area (TPSA) is 88.2 Å². The molecule has 2 aromatic heterocycles. The van der Waals surface area contributed by atoms with Gasteiger partial charge in [0, 0.05) is 50.6 Å². The standard InChI is InChI=1S/C18H24N6O/c1-3-5-15-21-13(2)12-16(22-15)23-8-10-24(11-9-23)18-14(17(19)25)6-4-7-20-18/h4,6-7,12H,3,5,8-11H2,1-2H3,(H2,19,25). The van der Waals surface area contributed by atoms with Crippen LogP contribution in [-0.2, 0) is 6.42 Å². The summed E-state index contributed by atoms with van der Waals surface area (Å²) in [5.41, 5.74) is 6.94.